The van der Waals surface area contributed by atoms with Gasteiger partial charge in [-0.3, -0.25) is 0 Å². The fourth-order valence-electron chi connectivity index (χ4n) is 1.86. The van der Waals surface area contributed by atoms with Crippen LogP contribution in [0.25, 0.3) is 0 Å². The minimum atomic E-state index is -0.557. The second-order valence-corrected chi connectivity index (χ2v) is 5.06. The van der Waals surface area contributed by atoms with Crippen LogP contribution in [0.3, 0.4) is 0 Å². The van der Waals surface area contributed by atoms with Gasteiger partial charge in [-0.05, 0) is 31.5 Å². The molecule has 1 aromatic rings. The van der Waals surface area contributed by atoms with E-state index in [9.17, 15) is 5.11 Å². The predicted molar refractivity (Wildman–Crippen MR) is 76.3 cm³/mol. The highest BCUT2D eigenvalue weighted by Gasteiger charge is 2.09. The molecule has 1 N–H and O–H groups in total. The summed E-state index contributed by atoms with van der Waals surface area (Å²) < 4.78 is 5.72. The van der Waals surface area contributed by atoms with Gasteiger partial charge in [0, 0.05) is 10.6 Å². The molecule has 18 heavy (non-hydrogen) atoms. The van der Waals surface area contributed by atoms with E-state index in [0.29, 0.717) is 11.6 Å². The summed E-state index contributed by atoms with van der Waals surface area (Å²) in [6.45, 7) is 4.63. The van der Waals surface area contributed by atoms with E-state index in [0.717, 1.165) is 17.7 Å². The Balaban J connectivity index is 2.42. The number of halogens is 1. The summed E-state index contributed by atoms with van der Waals surface area (Å²) >= 11 is 5.91. The second-order valence-electron chi connectivity index (χ2n) is 4.62. The van der Waals surface area contributed by atoms with E-state index in [2.05, 4.69) is 6.92 Å². The first-order valence-electron chi connectivity index (χ1n) is 6.75. The van der Waals surface area contributed by atoms with Crippen LogP contribution in [-0.2, 0) is 0 Å². The first kappa shape index (κ1) is 15.3. The number of unbranched alkanes of at least 4 members (excludes halogenated alkanes) is 4. The first-order chi connectivity index (χ1) is 8.65. The molecule has 0 aliphatic carbocycles. The second kappa shape index (κ2) is 8.39. The van der Waals surface area contributed by atoms with Crippen LogP contribution in [0.1, 0.15) is 57.6 Å². The molecule has 0 spiro atoms. The molecular formula is C15H23ClO2. The van der Waals surface area contributed by atoms with E-state index in [1.807, 2.05) is 6.07 Å². The van der Waals surface area contributed by atoms with Crippen molar-refractivity contribution >= 4 is 11.6 Å². The third-order valence-corrected chi connectivity index (χ3v) is 3.16. The standard InChI is InChI=1S/C15H23ClO2/c1-3-4-5-6-7-10-18-15-9-8-13(16)11-14(15)12(2)17/h8-9,11-12,17H,3-7,10H2,1-2H3/t12-/m1/s1. The quantitative estimate of drug-likeness (QED) is 0.691. The van der Waals surface area contributed by atoms with Crippen molar-refractivity contribution in [1.29, 1.82) is 0 Å². The minimum Gasteiger partial charge on any atom is -0.493 e. The van der Waals surface area contributed by atoms with Gasteiger partial charge in [0.05, 0.1) is 12.7 Å². The van der Waals surface area contributed by atoms with Gasteiger partial charge < -0.3 is 9.84 Å². The monoisotopic (exact) mass is 270 g/mol. The molecular weight excluding hydrogens is 248 g/mol. The molecule has 2 nitrogen and oxygen atoms in total. The molecule has 0 aliphatic rings. The van der Waals surface area contributed by atoms with Crippen LogP contribution >= 0.6 is 11.6 Å². The zero-order valence-electron chi connectivity index (χ0n) is 11.3. The number of hydrogen-bond acceptors (Lipinski definition) is 2. The van der Waals surface area contributed by atoms with E-state index < -0.39 is 6.10 Å². The summed E-state index contributed by atoms with van der Waals surface area (Å²) in [7, 11) is 0. The molecule has 0 saturated heterocycles. The van der Waals surface area contributed by atoms with Crippen LogP contribution in [0, 0.1) is 0 Å². The van der Waals surface area contributed by atoms with E-state index in [-0.39, 0.29) is 0 Å². The van der Waals surface area contributed by atoms with Gasteiger partial charge >= 0.3 is 0 Å². The van der Waals surface area contributed by atoms with Gasteiger partial charge in [0.15, 0.2) is 0 Å². The highest BCUT2D eigenvalue weighted by molar-refractivity contribution is 6.30. The summed E-state index contributed by atoms with van der Waals surface area (Å²) in [6.07, 6.45) is 5.51. The molecule has 0 aromatic heterocycles. The Kier molecular flexibility index (Phi) is 7.14. The fourth-order valence-corrected chi connectivity index (χ4v) is 2.05. The van der Waals surface area contributed by atoms with Crippen LogP contribution in [-0.4, -0.2) is 11.7 Å². The molecule has 0 aliphatic heterocycles. The van der Waals surface area contributed by atoms with Crippen molar-refractivity contribution in [2.75, 3.05) is 6.61 Å². The summed E-state index contributed by atoms with van der Waals surface area (Å²) in [6, 6.07) is 5.38. The Bertz CT molecular complexity index is 350. The third kappa shape index (κ3) is 5.28. The summed E-state index contributed by atoms with van der Waals surface area (Å²) in [4.78, 5) is 0. The van der Waals surface area contributed by atoms with Crippen LogP contribution in [0.5, 0.6) is 5.75 Å². The molecule has 1 rings (SSSR count). The predicted octanol–water partition coefficient (Wildman–Crippen LogP) is 4.74. The summed E-state index contributed by atoms with van der Waals surface area (Å²) in [5.74, 6) is 0.741. The lowest BCUT2D eigenvalue weighted by Gasteiger charge is -2.13. The van der Waals surface area contributed by atoms with E-state index in [1.54, 1.807) is 19.1 Å². The van der Waals surface area contributed by atoms with Gasteiger partial charge in [-0.15, -0.1) is 0 Å². The molecule has 0 fully saturated rings. The van der Waals surface area contributed by atoms with Crippen molar-refractivity contribution in [1.82, 2.24) is 0 Å². The maximum absolute atomic E-state index is 9.66. The van der Waals surface area contributed by atoms with Crippen molar-refractivity contribution in [3.05, 3.63) is 28.8 Å². The maximum atomic E-state index is 9.66. The Morgan fingerprint density at radius 2 is 1.94 bits per heavy atom. The van der Waals surface area contributed by atoms with E-state index >= 15 is 0 Å². The Hall–Kier alpha value is -0.730. The fraction of sp³-hybridized carbons (Fsp3) is 0.600. The zero-order valence-corrected chi connectivity index (χ0v) is 12.0. The van der Waals surface area contributed by atoms with Gasteiger partial charge in [-0.1, -0.05) is 44.2 Å². The third-order valence-electron chi connectivity index (χ3n) is 2.93. The van der Waals surface area contributed by atoms with Gasteiger partial charge in [-0.2, -0.15) is 0 Å². The van der Waals surface area contributed by atoms with Gasteiger partial charge in [-0.25, -0.2) is 0 Å². The Morgan fingerprint density at radius 3 is 2.61 bits per heavy atom. The Morgan fingerprint density at radius 1 is 1.22 bits per heavy atom. The first-order valence-corrected chi connectivity index (χ1v) is 7.13. The van der Waals surface area contributed by atoms with Gasteiger partial charge in [0.2, 0.25) is 0 Å². The number of hydrogen-bond donors (Lipinski definition) is 1. The van der Waals surface area contributed by atoms with Gasteiger partial charge in [0.1, 0.15) is 5.75 Å². The summed E-state index contributed by atoms with van der Waals surface area (Å²) in [5, 5.41) is 10.3. The topological polar surface area (TPSA) is 29.5 Å². The van der Waals surface area contributed by atoms with Crippen molar-refractivity contribution in [2.24, 2.45) is 0 Å². The molecule has 1 atom stereocenters. The lowest BCUT2D eigenvalue weighted by Crippen LogP contribution is -2.02. The van der Waals surface area contributed by atoms with Crippen molar-refractivity contribution in [3.8, 4) is 5.75 Å². The molecule has 0 bridgehead atoms. The van der Waals surface area contributed by atoms with E-state index in [4.69, 9.17) is 16.3 Å². The minimum absolute atomic E-state index is 0.557. The van der Waals surface area contributed by atoms with E-state index in [1.165, 1.54) is 25.7 Å². The molecule has 0 radical (unpaired) electrons. The molecule has 0 amide bonds. The smallest absolute Gasteiger partial charge is 0.125 e. The zero-order chi connectivity index (χ0) is 13.4. The lowest BCUT2D eigenvalue weighted by molar-refractivity contribution is 0.190. The van der Waals surface area contributed by atoms with Crippen LogP contribution in [0.2, 0.25) is 5.02 Å². The number of rotatable bonds is 8. The number of aliphatic hydroxyl groups excluding tert-OH is 1. The molecule has 0 heterocycles. The van der Waals surface area contributed by atoms with Crippen LogP contribution in [0.15, 0.2) is 18.2 Å². The highest BCUT2D eigenvalue weighted by Crippen LogP contribution is 2.28. The highest BCUT2D eigenvalue weighted by atomic mass is 35.5. The lowest BCUT2D eigenvalue weighted by atomic mass is 10.1. The normalized spacial score (nSPS) is 12.4. The van der Waals surface area contributed by atoms with Crippen molar-refractivity contribution in [3.63, 3.8) is 0 Å². The molecule has 0 unspecified atom stereocenters. The molecule has 3 heteroatoms. The summed E-state index contributed by atoms with van der Waals surface area (Å²) in [5.41, 5.74) is 0.760. The molecule has 0 saturated carbocycles. The average molecular weight is 271 g/mol. The van der Waals surface area contributed by atoms with Crippen LogP contribution in [0.4, 0.5) is 0 Å². The number of ether oxygens (including phenoxy) is 1. The Labute approximate surface area is 115 Å². The van der Waals surface area contributed by atoms with Crippen molar-refractivity contribution in [2.45, 2.75) is 52.1 Å². The number of aliphatic hydroxyl groups is 1. The van der Waals surface area contributed by atoms with Crippen LogP contribution < -0.4 is 4.74 Å². The molecule has 102 valence electrons. The maximum Gasteiger partial charge on any atom is 0.125 e. The molecule has 1 aromatic carbocycles. The largest absolute Gasteiger partial charge is 0.493 e. The average Bonchev–Trinajstić information content (AvgIpc) is 2.35. The number of benzene rings is 1. The van der Waals surface area contributed by atoms with Crippen molar-refractivity contribution < 1.29 is 9.84 Å². The van der Waals surface area contributed by atoms with Gasteiger partial charge in [0.25, 0.3) is 0 Å². The SMILES string of the molecule is CCCCCCCOc1ccc(Cl)cc1[C@@H](C)O.